The van der Waals surface area contributed by atoms with Crippen molar-refractivity contribution in [3.8, 4) is 11.5 Å². The van der Waals surface area contributed by atoms with E-state index in [1.165, 1.54) is 28.8 Å². The van der Waals surface area contributed by atoms with E-state index in [0.29, 0.717) is 40.7 Å². The number of hydrogen-bond donors (Lipinski definition) is 2. The van der Waals surface area contributed by atoms with Crippen LogP contribution in [0.3, 0.4) is 0 Å². The number of aliphatic hydroxyl groups is 1. The number of alkyl halides is 6. The Bertz CT molecular complexity index is 3050. The molecule has 9 rings (SSSR count). The lowest BCUT2D eigenvalue weighted by molar-refractivity contribution is -0.440. The molecule has 4 bridgehead atoms. The van der Waals surface area contributed by atoms with Gasteiger partial charge in [-0.05, 0) is 113 Å². The van der Waals surface area contributed by atoms with Gasteiger partial charge in [0.05, 0.1) is 31.8 Å². The fourth-order valence-corrected chi connectivity index (χ4v) is 9.22. The second-order valence-corrected chi connectivity index (χ2v) is 19.9. The minimum absolute atomic E-state index is 0.0118. The zero-order valence-electron chi connectivity index (χ0n) is 41.0. The summed E-state index contributed by atoms with van der Waals surface area (Å²) in [5.41, 5.74) is -1.05. The lowest BCUT2D eigenvalue weighted by atomic mass is 9.92. The number of amides is 2. The quantitative estimate of drug-likeness (QED) is 0.0313. The number of nitrogens with one attached hydrogen (secondary N) is 1. The topological polar surface area (TPSA) is 195 Å². The van der Waals surface area contributed by atoms with E-state index in [1.54, 1.807) is 36.5 Å². The first-order valence-corrected chi connectivity index (χ1v) is 25.3. The summed E-state index contributed by atoms with van der Waals surface area (Å²) in [7, 11) is 0.933. The number of sulfonamides is 1. The van der Waals surface area contributed by atoms with Crippen LogP contribution in [0.1, 0.15) is 41.3 Å². The maximum Gasteiger partial charge on any atom is 0.550 e. The van der Waals surface area contributed by atoms with E-state index in [4.69, 9.17) is 14.2 Å². The number of rotatable bonds is 12. The number of fused-ring (bicyclic) bond motifs is 2. The fourth-order valence-electron chi connectivity index (χ4n) is 7.88. The Morgan fingerprint density at radius 2 is 1.20 bits per heavy atom. The Morgan fingerprint density at radius 1 is 0.711 bits per heavy atom. The predicted octanol–water partition coefficient (Wildman–Crippen LogP) is 7.40. The number of ether oxygens (including phenoxy) is 3. The molecule has 0 saturated carbocycles. The van der Waals surface area contributed by atoms with Gasteiger partial charge in [0, 0.05) is 45.8 Å². The number of benzene rings is 4. The fraction of sp³-hybridized carbons (Fsp3) is 0.320. The standard InChI is InChI=1S/C50H51F6N7O11S2/c1-59(2)37-13-5-32(6-14-37)42-29-36(57-44-23-24-61(48(67)58-44)45-22-21-41(31-64)72-45)30-43(33-7-15-38(16-8-33)60(3)4)35-11-19-40(20-12-35)71-28-26-63(76(68,69)50(54,55)56)47(66)46(65)62(75-74-73-49(51,52)53)25-27-70-39-17-9-34(42)10-18-39/h5-20,23-24,29-30,36,41,45,64H,21-22,25-28,31H2,1-4H3,(H,57,58,67)/b42-29+,43-30+/t36?,41?,45-/m1/s1. The van der Waals surface area contributed by atoms with Crippen molar-refractivity contribution in [2.24, 2.45) is 0 Å². The van der Waals surface area contributed by atoms with Crippen molar-refractivity contribution < 1.29 is 72.9 Å². The molecule has 0 spiro atoms. The molecule has 1 fully saturated rings. The van der Waals surface area contributed by atoms with Crippen molar-refractivity contribution in [3.63, 3.8) is 0 Å². The lowest BCUT2D eigenvalue weighted by Crippen LogP contribution is -2.51. The summed E-state index contributed by atoms with van der Waals surface area (Å²) in [4.78, 5) is 52.0. The number of hydrogen-bond acceptors (Lipinski definition) is 16. The van der Waals surface area contributed by atoms with Crippen LogP contribution >= 0.6 is 12.2 Å². The van der Waals surface area contributed by atoms with Gasteiger partial charge in [0.15, 0.2) is 12.2 Å². The molecular formula is C50H51F6N7O11S2. The highest BCUT2D eigenvalue weighted by molar-refractivity contribution is 7.93. The van der Waals surface area contributed by atoms with Gasteiger partial charge >= 0.3 is 39.4 Å². The van der Waals surface area contributed by atoms with Gasteiger partial charge < -0.3 is 34.4 Å². The molecule has 4 aliphatic rings. The Labute approximate surface area is 437 Å². The van der Waals surface area contributed by atoms with Gasteiger partial charge in [0.25, 0.3) is 0 Å². The van der Waals surface area contributed by atoms with Crippen molar-refractivity contribution in [2.45, 2.75) is 43.1 Å². The average Bonchev–Trinajstić information content (AvgIpc) is 3.87. The Morgan fingerprint density at radius 3 is 1.63 bits per heavy atom. The molecule has 0 aliphatic carbocycles. The number of carbonyl (C=O) groups excluding carboxylic acids is 2. The van der Waals surface area contributed by atoms with E-state index in [9.17, 15) is 54.3 Å². The van der Waals surface area contributed by atoms with Crippen LogP contribution in [0.2, 0.25) is 0 Å². The smallest absolute Gasteiger partial charge is 0.492 e. The van der Waals surface area contributed by atoms with Crippen molar-refractivity contribution in [3.05, 3.63) is 154 Å². The molecule has 76 heavy (non-hydrogen) atoms. The second-order valence-electron chi connectivity index (χ2n) is 17.3. The van der Waals surface area contributed by atoms with Gasteiger partial charge in [-0.15, -0.1) is 22.4 Å². The lowest BCUT2D eigenvalue weighted by Gasteiger charge is -2.26. The largest absolute Gasteiger partial charge is 0.550 e. The highest BCUT2D eigenvalue weighted by atomic mass is 32.2. The van der Waals surface area contributed by atoms with Gasteiger partial charge in [0.1, 0.15) is 36.8 Å². The Hall–Kier alpha value is -7.10. The summed E-state index contributed by atoms with van der Waals surface area (Å²) in [5.74, 6) is -4.07. The zero-order valence-corrected chi connectivity index (χ0v) is 42.7. The van der Waals surface area contributed by atoms with Crippen molar-refractivity contribution in [2.75, 3.05) is 76.2 Å². The zero-order chi connectivity index (χ0) is 55.0. The van der Waals surface area contributed by atoms with Crippen LogP contribution in [-0.4, -0.2) is 129 Å². The van der Waals surface area contributed by atoms with Crippen LogP contribution in [-0.2, 0) is 33.6 Å². The molecule has 0 radical (unpaired) electrons. The maximum atomic E-state index is 14.0. The van der Waals surface area contributed by atoms with Crippen molar-refractivity contribution in [1.29, 1.82) is 0 Å². The molecule has 1 aromatic heterocycles. The Balaban J connectivity index is 1.38. The Kier molecular flexibility index (Phi) is 18.1. The van der Waals surface area contributed by atoms with Crippen LogP contribution in [0, 0.1) is 0 Å². The van der Waals surface area contributed by atoms with Gasteiger partial charge in [0.2, 0.25) is 0 Å². The minimum atomic E-state index is -6.61. The minimum Gasteiger partial charge on any atom is -0.492 e. The number of halogens is 6. The first-order valence-electron chi connectivity index (χ1n) is 23.1. The summed E-state index contributed by atoms with van der Waals surface area (Å²) in [6, 6.07) is 28.6. The highest BCUT2D eigenvalue weighted by Gasteiger charge is 2.53. The van der Waals surface area contributed by atoms with Crippen molar-refractivity contribution in [1.82, 2.24) is 18.2 Å². The maximum absolute atomic E-state index is 14.0. The van der Waals surface area contributed by atoms with Crippen LogP contribution in [0.5, 0.6) is 11.5 Å². The predicted molar refractivity (Wildman–Crippen MR) is 270 cm³/mol. The molecule has 1 saturated heterocycles. The van der Waals surface area contributed by atoms with E-state index in [0.717, 1.165) is 16.9 Å². The molecule has 5 aromatic rings. The molecule has 2 unspecified atom stereocenters. The second kappa shape index (κ2) is 24.3. The molecule has 18 nitrogen and oxygen atoms in total. The number of anilines is 3. The molecule has 5 heterocycles. The van der Waals surface area contributed by atoms with Crippen molar-refractivity contribution >= 4 is 62.4 Å². The molecule has 2 amide bonds. The molecule has 26 heteroatoms. The van der Waals surface area contributed by atoms with Crippen LogP contribution in [0.15, 0.2) is 126 Å². The summed E-state index contributed by atoms with van der Waals surface area (Å²) in [5, 5.41) is 13.1. The number of carbonyl (C=O) groups is 2. The van der Waals surface area contributed by atoms with E-state index >= 15 is 0 Å². The van der Waals surface area contributed by atoms with E-state index in [2.05, 4.69) is 19.5 Å². The van der Waals surface area contributed by atoms with E-state index < -0.39 is 101 Å². The summed E-state index contributed by atoms with van der Waals surface area (Å²) < 4.78 is 128. The monoisotopic (exact) mass is 1100 g/mol. The van der Waals surface area contributed by atoms with Crippen LogP contribution < -0.4 is 30.3 Å². The molecular weight excluding hydrogens is 1050 g/mol. The normalized spacial score (nSPS) is 19.8. The molecule has 406 valence electrons. The summed E-state index contributed by atoms with van der Waals surface area (Å²) in [6.07, 6.45) is -0.0923. The SMILES string of the molecule is CN(C)c1ccc(/C2=C\C(Nc3ccn([C@H]4CCC(CO)O4)c(=O)n3)/C=C(\c3ccc(N(C)C)cc3)c3ccc(cc3)OCCN(S(=O)(=O)C(F)(F)F)C(=O)C(=O)N(SOOC(F)(F)F)CCOc3ccc2cc3)cc1. The summed E-state index contributed by atoms with van der Waals surface area (Å²) >= 11 is -0.549. The third-order valence-electron chi connectivity index (χ3n) is 11.7. The van der Waals surface area contributed by atoms with E-state index in [-0.39, 0.29) is 28.2 Å². The molecule has 4 aliphatic heterocycles. The molecule has 2 N–H and O–H groups in total. The van der Waals surface area contributed by atoms with E-state index in [1.807, 2.05) is 98.7 Å². The molecule has 3 atom stereocenters. The third-order valence-corrected chi connectivity index (χ3v) is 13.9. The number of nitrogens with zero attached hydrogens (tertiary/aromatic N) is 6. The van der Waals surface area contributed by atoms with Crippen LogP contribution in [0.4, 0.5) is 43.5 Å². The highest BCUT2D eigenvalue weighted by Crippen LogP contribution is 2.34. The van der Waals surface area contributed by atoms with Gasteiger partial charge in [-0.25, -0.2) is 13.4 Å². The van der Waals surface area contributed by atoms with Gasteiger partial charge in [-0.2, -0.15) is 26.6 Å². The first-order chi connectivity index (χ1) is 36.0. The summed E-state index contributed by atoms with van der Waals surface area (Å²) in [6.45, 7) is -4.01. The molecule has 4 aromatic carbocycles. The number of aromatic nitrogens is 2. The van der Waals surface area contributed by atoms with Crippen LogP contribution in [0.25, 0.3) is 11.1 Å². The average molecular weight is 1100 g/mol. The van der Waals surface area contributed by atoms with Gasteiger partial charge in [-0.3, -0.25) is 14.2 Å². The van der Waals surface area contributed by atoms with Gasteiger partial charge in [-0.1, -0.05) is 48.5 Å². The third kappa shape index (κ3) is 14.2. The number of aliphatic hydroxyl groups excluding tert-OH is 1. The first kappa shape index (κ1) is 56.6.